The second-order valence-electron chi connectivity index (χ2n) is 11.8. The van der Waals surface area contributed by atoms with Crippen molar-refractivity contribution >= 4 is 17.9 Å². The van der Waals surface area contributed by atoms with Gasteiger partial charge >= 0.3 is 6.09 Å². The molecule has 0 unspecified atom stereocenters. The van der Waals surface area contributed by atoms with Crippen LogP contribution in [0.25, 0.3) is 11.4 Å². The largest absolute Gasteiger partial charge is 0.444 e. The number of carbonyl (C=O) groups excluding carboxylic acids is 3. The predicted octanol–water partition coefficient (Wildman–Crippen LogP) is 3.95. The van der Waals surface area contributed by atoms with E-state index in [4.69, 9.17) is 4.74 Å². The monoisotopic (exact) mass is 577 g/mol. The summed E-state index contributed by atoms with van der Waals surface area (Å²) in [6, 6.07) is 6.12. The molecule has 3 aromatic rings. The van der Waals surface area contributed by atoms with Crippen molar-refractivity contribution in [2.24, 2.45) is 7.05 Å². The first-order chi connectivity index (χ1) is 20.0. The molecule has 42 heavy (non-hydrogen) atoms. The van der Waals surface area contributed by atoms with Crippen LogP contribution >= 0.6 is 0 Å². The summed E-state index contributed by atoms with van der Waals surface area (Å²) >= 11 is 0. The van der Waals surface area contributed by atoms with Gasteiger partial charge in [-0.05, 0) is 64.7 Å². The molecule has 2 fully saturated rings. The van der Waals surface area contributed by atoms with E-state index in [0.717, 1.165) is 12.8 Å². The van der Waals surface area contributed by atoms with Crippen LogP contribution in [0.3, 0.4) is 0 Å². The molecule has 0 radical (unpaired) electrons. The van der Waals surface area contributed by atoms with E-state index in [1.165, 1.54) is 24.5 Å². The third-order valence-electron chi connectivity index (χ3n) is 7.25. The highest BCUT2D eigenvalue weighted by Gasteiger charge is 2.40. The fourth-order valence-corrected chi connectivity index (χ4v) is 5.03. The zero-order valence-corrected chi connectivity index (χ0v) is 24.3. The van der Waals surface area contributed by atoms with Crippen LogP contribution in [0, 0.1) is 5.82 Å². The molecule has 0 spiro atoms. The molecule has 2 aromatic heterocycles. The standard InChI is InChI=1S/C30H36FN7O4/c1-30(2,3)42-29(41)37-13-10-23(11-14-37)38(22-6-7-22)28(40)20-16-32-26(33-17-20)19-5-8-24(25(31)15-19)27(39)34-18-21-9-12-36(4)35-21/h5,8-9,12,15-17,22-23H,6-7,10-11,13-14,18H2,1-4H3,(H,34,39). The third kappa shape index (κ3) is 6.92. The van der Waals surface area contributed by atoms with Gasteiger partial charge in [0.2, 0.25) is 0 Å². The molecule has 1 N–H and O–H groups in total. The summed E-state index contributed by atoms with van der Waals surface area (Å²) in [6.07, 6.45) is 7.57. The van der Waals surface area contributed by atoms with Crippen molar-refractivity contribution in [1.29, 1.82) is 0 Å². The van der Waals surface area contributed by atoms with Gasteiger partial charge < -0.3 is 19.9 Å². The SMILES string of the molecule is Cn1ccc(CNC(=O)c2ccc(-c3ncc(C(=O)N(C4CC4)C4CCN(C(=O)OC(C)(C)C)CC4)cn3)cc2F)n1. The van der Waals surface area contributed by atoms with Crippen LogP contribution < -0.4 is 5.32 Å². The van der Waals surface area contributed by atoms with Crippen molar-refractivity contribution in [2.45, 2.75) is 70.7 Å². The molecule has 2 aliphatic rings. The van der Waals surface area contributed by atoms with Gasteiger partial charge in [-0.2, -0.15) is 5.10 Å². The average molecular weight is 578 g/mol. The molecule has 1 aliphatic heterocycles. The zero-order valence-electron chi connectivity index (χ0n) is 24.3. The maximum absolute atomic E-state index is 14.9. The van der Waals surface area contributed by atoms with Crippen LogP contribution in [-0.2, 0) is 18.3 Å². The van der Waals surface area contributed by atoms with Crippen LogP contribution in [0.2, 0.25) is 0 Å². The van der Waals surface area contributed by atoms with Gasteiger partial charge in [-0.3, -0.25) is 14.3 Å². The van der Waals surface area contributed by atoms with Crippen LogP contribution in [-0.4, -0.2) is 78.2 Å². The molecule has 5 rings (SSSR count). The predicted molar refractivity (Wildman–Crippen MR) is 152 cm³/mol. The fraction of sp³-hybridized carbons (Fsp3) is 0.467. The van der Waals surface area contributed by atoms with Crippen molar-refractivity contribution in [2.75, 3.05) is 13.1 Å². The Hall–Kier alpha value is -4.35. The first-order valence-electron chi connectivity index (χ1n) is 14.2. The molecule has 0 atom stereocenters. The highest BCUT2D eigenvalue weighted by atomic mass is 19.1. The van der Waals surface area contributed by atoms with E-state index in [9.17, 15) is 18.8 Å². The molecule has 12 heteroatoms. The minimum atomic E-state index is -0.701. The van der Waals surface area contributed by atoms with Gasteiger partial charge in [0.25, 0.3) is 11.8 Å². The molecule has 1 saturated carbocycles. The lowest BCUT2D eigenvalue weighted by molar-refractivity contribution is 0.0142. The number of halogens is 1. The number of hydrogen-bond donors (Lipinski definition) is 1. The number of amides is 3. The Kier molecular flexibility index (Phi) is 8.24. The second kappa shape index (κ2) is 11.9. The van der Waals surface area contributed by atoms with Gasteiger partial charge in [0.1, 0.15) is 11.4 Å². The number of hydrogen-bond acceptors (Lipinski definition) is 7. The molecule has 0 bridgehead atoms. The van der Waals surface area contributed by atoms with Gasteiger partial charge in [-0.15, -0.1) is 0 Å². The number of aromatic nitrogens is 4. The fourth-order valence-electron chi connectivity index (χ4n) is 5.03. The molecule has 3 heterocycles. The van der Waals surface area contributed by atoms with E-state index >= 15 is 0 Å². The highest BCUT2D eigenvalue weighted by Crippen LogP contribution is 2.33. The Bertz CT molecular complexity index is 1460. The van der Waals surface area contributed by atoms with Crippen molar-refractivity contribution in [3.8, 4) is 11.4 Å². The number of nitrogens with one attached hydrogen (secondary N) is 1. The minimum absolute atomic E-state index is 0.00817. The molecular formula is C30H36FN7O4. The Morgan fingerprint density at radius 1 is 1.05 bits per heavy atom. The van der Waals surface area contributed by atoms with Gasteiger partial charge in [0, 0.05) is 56.4 Å². The smallest absolute Gasteiger partial charge is 0.410 e. The molecule has 11 nitrogen and oxygen atoms in total. The van der Waals surface area contributed by atoms with Gasteiger partial charge in [-0.25, -0.2) is 19.2 Å². The van der Waals surface area contributed by atoms with E-state index < -0.39 is 17.3 Å². The van der Waals surface area contributed by atoms with Crippen molar-refractivity contribution < 1.29 is 23.5 Å². The zero-order chi connectivity index (χ0) is 30.0. The third-order valence-corrected chi connectivity index (χ3v) is 7.25. The number of piperidine rings is 1. The van der Waals surface area contributed by atoms with Crippen LogP contribution in [0.15, 0.2) is 42.9 Å². The van der Waals surface area contributed by atoms with Crippen LogP contribution in [0.5, 0.6) is 0 Å². The summed E-state index contributed by atoms with van der Waals surface area (Å²) in [4.78, 5) is 50.8. The Morgan fingerprint density at radius 3 is 2.29 bits per heavy atom. The molecule has 1 aliphatic carbocycles. The number of nitrogens with zero attached hydrogens (tertiary/aromatic N) is 6. The number of rotatable bonds is 7. The lowest BCUT2D eigenvalue weighted by Crippen LogP contribution is -2.50. The van der Waals surface area contributed by atoms with Crippen molar-refractivity contribution in [3.05, 3.63) is 65.5 Å². The Labute approximate surface area is 244 Å². The number of likely N-dealkylation sites (tertiary alicyclic amines) is 1. The van der Waals surface area contributed by atoms with E-state index in [-0.39, 0.29) is 42.0 Å². The van der Waals surface area contributed by atoms with E-state index in [0.29, 0.717) is 42.8 Å². The quantitative estimate of drug-likeness (QED) is 0.451. The normalized spacial score (nSPS) is 15.8. The number of aryl methyl sites for hydroxylation is 1. The molecule has 1 saturated heterocycles. The van der Waals surface area contributed by atoms with Crippen LogP contribution in [0.1, 0.15) is 72.9 Å². The minimum Gasteiger partial charge on any atom is -0.444 e. The van der Waals surface area contributed by atoms with E-state index in [2.05, 4.69) is 20.4 Å². The lowest BCUT2D eigenvalue weighted by atomic mass is 10.0. The molecule has 1 aromatic carbocycles. The highest BCUT2D eigenvalue weighted by molar-refractivity contribution is 5.95. The molecule has 3 amide bonds. The van der Waals surface area contributed by atoms with E-state index in [1.807, 2.05) is 25.7 Å². The van der Waals surface area contributed by atoms with Crippen molar-refractivity contribution in [3.63, 3.8) is 0 Å². The maximum Gasteiger partial charge on any atom is 0.410 e. The maximum atomic E-state index is 14.9. The number of ether oxygens (including phenoxy) is 1. The van der Waals surface area contributed by atoms with Gasteiger partial charge in [0.05, 0.1) is 23.4 Å². The Balaban J connectivity index is 1.21. The van der Waals surface area contributed by atoms with Gasteiger partial charge in [0.15, 0.2) is 5.82 Å². The van der Waals surface area contributed by atoms with E-state index in [1.54, 1.807) is 35.0 Å². The van der Waals surface area contributed by atoms with Crippen molar-refractivity contribution in [1.82, 2.24) is 34.9 Å². The summed E-state index contributed by atoms with van der Waals surface area (Å²) in [5.74, 6) is -1.16. The second-order valence-corrected chi connectivity index (χ2v) is 11.8. The molecular weight excluding hydrogens is 541 g/mol. The first kappa shape index (κ1) is 29.2. The van der Waals surface area contributed by atoms with Gasteiger partial charge in [-0.1, -0.05) is 6.07 Å². The summed E-state index contributed by atoms with van der Waals surface area (Å²) in [6.45, 7) is 6.75. The first-order valence-corrected chi connectivity index (χ1v) is 14.2. The summed E-state index contributed by atoms with van der Waals surface area (Å²) in [5.41, 5.74) is 0.753. The van der Waals surface area contributed by atoms with Crippen LogP contribution in [0.4, 0.5) is 9.18 Å². The number of benzene rings is 1. The summed E-state index contributed by atoms with van der Waals surface area (Å²) in [7, 11) is 1.77. The topological polar surface area (TPSA) is 123 Å². The summed E-state index contributed by atoms with van der Waals surface area (Å²) < 4.78 is 22.0. The lowest BCUT2D eigenvalue weighted by Gasteiger charge is -2.39. The summed E-state index contributed by atoms with van der Waals surface area (Å²) in [5, 5.41) is 6.85. The molecule has 222 valence electrons. The Morgan fingerprint density at radius 2 is 1.71 bits per heavy atom. The number of carbonyl (C=O) groups is 3. The average Bonchev–Trinajstić information content (AvgIpc) is 3.70.